The van der Waals surface area contributed by atoms with E-state index < -0.39 is 11.9 Å². The van der Waals surface area contributed by atoms with Crippen LogP contribution in [0.5, 0.6) is 0 Å². The highest BCUT2D eigenvalue weighted by Gasteiger charge is 2.08. The van der Waals surface area contributed by atoms with Crippen LogP contribution in [0.15, 0.2) is 47.1 Å². The van der Waals surface area contributed by atoms with Crippen molar-refractivity contribution < 1.29 is 13.9 Å². The molecule has 0 aliphatic carbocycles. The number of aromatic nitrogens is 1. The number of carbonyl (C=O) groups is 1. The largest absolute Gasteiger partial charge is 0.457 e. The smallest absolute Gasteiger partial charge is 0.340 e. The third-order valence-electron chi connectivity index (χ3n) is 2.22. The maximum atomic E-state index is 12.6. The Bertz CT molecular complexity index is 557. The fourth-order valence-corrected chi connectivity index (χ4v) is 1.80. The highest BCUT2D eigenvalue weighted by Crippen LogP contribution is 2.13. The second-order valence-corrected chi connectivity index (χ2v) is 4.49. The van der Waals surface area contributed by atoms with Gasteiger partial charge in [-0.05, 0) is 29.8 Å². The fourth-order valence-electron chi connectivity index (χ4n) is 1.36. The molecule has 0 unspecified atom stereocenters. The Kier molecular flexibility index (Phi) is 4.04. The Morgan fingerprint density at radius 1 is 1.33 bits per heavy atom. The number of ether oxygens (including phenoxy) is 1. The molecule has 0 atom stereocenters. The van der Waals surface area contributed by atoms with Crippen LogP contribution < -0.4 is 0 Å². The van der Waals surface area contributed by atoms with Crippen LogP contribution in [0.3, 0.4) is 0 Å². The summed E-state index contributed by atoms with van der Waals surface area (Å²) in [7, 11) is 0. The molecule has 0 saturated heterocycles. The van der Waals surface area contributed by atoms with Crippen molar-refractivity contribution in [1.82, 2.24) is 4.98 Å². The van der Waals surface area contributed by atoms with Crippen LogP contribution in [0.25, 0.3) is 0 Å². The normalized spacial score (nSPS) is 10.1. The third-order valence-corrected chi connectivity index (χ3v) is 2.72. The average molecular weight is 310 g/mol. The van der Waals surface area contributed by atoms with E-state index in [1.54, 1.807) is 0 Å². The van der Waals surface area contributed by atoms with Crippen LogP contribution in [-0.2, 0) is 11.3 Å². The number of carbonyl (C=O) groups excluding carboxylic acids is 1. The van der Waals surface area contributed by atoms with E-state index in [0.29, 0.717) is 0 Å². The second-order valence-electron chi connectivity index (χ2n) is 3.58. The van der Waals surface area contributed by atoms with Gasteiger partial charge in [0.15, 0.2) is 0 Å². The lowest BCUT2D eigenvalue weighted by Gasteiger charge is -2.05. The highest BCUT2D eigenvalue weighted by atomic mass is 79.9. The maximum absolute atomic E-state index is 12.6. The predicted octanol–water partition coefficient (Wildman–Crippen LogP) is 3.34. The molecule has 2 rings (SSSR count). The van der Waals surface area contributed by atoms with E-state index in [2.05, 4.69) is 20.9 Å². The molecule has 1 aromatic carbocycles. The molecule has 2 aromatic rings. The molecule has 0 amide bonds. The predicted molar refractivity (Wildman–Crippen MR) is 67.5 cm³/mol. The SMILES string of the molecule is O=C(OCc1cccc(Br)c1)c1ccc(F)nc1. The van der Waals surface area contributed by atoms with Gasteiger partial charge in [0, 0.05) is 10.7 Å². The summed E-state index contributed by atoms with van der Waals surface area (Å²) in [5.74, 6) is -1.15. The lowest BCUT2D eigenvalue weighted by atomic mass is 10.2. The molecular formula is C13H9BrFNO2. The average Bonchev–Trinajstić information content (AvgIpc) is 2.37. The quantitative estimate of drug-likeness (QED) is 0.645. The Labute approximate surface area is 112 Å². The van der Waals surface area contributed by atoms with E-state index in [-0.39, 0.29) is 12.2 Å². The first-order chi connectivity index (χ1) is 8.65. The molecule has 3 nitrogen and oxygen atoms in total. The zero-order chi connectivity index (χ0) is 13.0. The summed E-state index contributed by atoms with van der Waals surface area (Å²) < 4.78 is 18.6. The Hall–Kier alpha value is -1.75. The minimum atomic E-state index is -0.626. The molecule has 1 aromatic heterocycles. The first-order valence-corrected chi connectivity index (χ1v) is 5.97. The van der Waals surface area contributed by atoms with E-state index in [0.717, 1.165) is 22.3 Å². The minimum Gasteiger partial charge on any atom is -0.457 e. The van der Waals surface area contributed by atoms with Crippen molar-refractivity contribution in [2.75, 3.05) is 0 Å². The summed E-state index contributed by atoms with van der Waals surface area (Å²) in [6.45, 7) is 0.162. The number of rotatable bonds is 3. The molecule has 0 spiro atoms. The molecule has 0 saturated carbocycles. The van der Waals surface area contributed by atoms with E-state index in [1.165, 1.54) is 6.07 Å². The standard InChI is InChI=1S/C13H9BrFNO2/c14-11-3-1-2-9(6-11)8-18-13(17)10-4-5-12(15)16-7-10/h1-7H,8H2. The summed E-state index contributed by atoms with van der Waals surface area (Å²) in [5, 5.41) is 0. The van der Waals surface area contributed by atoms with Crippen LogP contribution in [0.4, 0.5) is 4.39 Å². The van der Waals surface area contributed by atoms with E-state index in [1.807, 2.05) is 24.3 Å². The number of hydrogen-bond acceptors (Lipinski definition) is 3. The van der Waals surface area contributed by atoms with Crippen LogP contribution in [-0.4, -0.2) is 11.0 Å². The molecule has 0 N–H and O–H groups in total. The van der Waals surface area contributed by atoms with Crippen molar-refractivity contribution in [3.05, 3.63) is 64.1 Å². The van der Waals surface area contributed by atoms with Gasteiger partial charge in [-0.1, -0.05) is 28.1 Å². The summed E-state index contributed by atoms with van der Waals surface area (Å²) in [6.07, 6.45) is 1.15. The third kappa shape index (κ3) is 3.37. The molecule has 0 aliphatic rings. The van der Waals surface area contributed by atoms with Crippen molar-refractivity contribution >= 4 is 21.9 Å². The van der Waals surface area contributed by atoms with Crippen molar-refractivity contribution in [2.24, 2.45) is 0 Å². The first-order valence-electron chi connectivity index (χ1n) is 5.18. The van der Waals surface area contributed by atoms with Gasteiger partial charge in [0.1, 0.15) is 6.61 Å². The van der Waals surface area contributed by atoms with E-state index >= 15 is 0 Å². The molecule has 5 heteroatoms. The van der Waals surface area contributed by atoms with Gasteiger partial charge in [-0.25, -0.2) is 9.78 Å². The number of nitrogens with zero attached hydrogens (tertiary/aromatic N) is 1. The van der Waals surface area contributed by atoms with Gasteiger partial charge in [-0.2, -0.15) is 4.39 Å². The Morgan fingerprint density at radius 2 is 2.17 bits per heavy atom. The van der Waals surface area contributed by atoms with Gasteiger partial charge in [-0.3, -0.25) is 0 Å². The lowest BCUT2D eigenvalue weighted by Crippen LogP contribution is -2.05. The van der Waals surface area contributed by atoms with Gasteiger partial charge in [0.05, 0.1) is 5.56 Å². The monoisotopic (exact) mass is 309 g/mol. The molecule has 0 aliphatic heterocycles. The molecular weight excluding hydrogens is 301 g/mol. The summed E-state index contributed by atoms with van der Waals surface area (Å²) in [6, 6.07) is 9.90. The van der Waals surface area contributed by atoms with Crippen LogP contribution in [0, 0.1) is 5.95 Å². The van der Waals surface area contributed by atoms with Crippen molar-refractivity contribution in [3.8, 4) is 0 Å². The summed E-state index contributed by atoms with van der Waals surface area (Å²) in [4.78, 5) is 15.0. The van der Waals surface area contributed by atoms with Crippen molar-refractivity contribution in [2.45, 2.75) is 6.61 Å². The van der Waals surface area contributed by atoms with E-state index in [9.17, 15) is 9.18 Å². The lowest BCUT2D eigenvalue weighted by molar-refractivity contribution is 0.0472. The summed E-state index contributed by atoms with van der Waals surface area (Å²) >= 11 is 3.33. The van der Waals surface area contributed by atoms with Gasteiger partial charge in [-0.15, -0.1) is 0 Å². The molecule has 1 heterocycles. The van der Waals surface area contributed by atoms with Gasteiger partial charge in [0.2, 0.25) is 5.95 Å². The number of hydrogen-bond donors (Lipinski definition) is 0. The highest BCUT2D eigenvalue weighted by molar-refractivity contribution is 9.10. The van der Waals surface area contributed by atoms with Crippen LogP contribution in [0.1, 0.15) is 15.9 Å². The Morgan fingerprint density at radius 3 is 2.83 bits per heavy atom. The molecule has 0 fully saturated rings. The first kappa shape index (κ1) is 12.7. The van der Waals surface area contributed by atoms with Crippen LogP contribution in [0.2, 0.25) is 0 Å². The van der Waals surface area contributed by atoms with Crippen molar-refractivity contribution in [1.29, 1.82) is 0 Å². The number of esters is 1. The van der Waals surface area contributed by atoms with Crippen LogP contribution >= 0.6 is 15.9 Å². The fraction of sp³-hybridized carbons (Fsp3) is 0.0769. The second kappa shape index (κ2) is 5.73. The van der Waals surface area contributed by atoms with Gasteiger partial charge >= 0.3 is 5.97 Å². The topological polar surface area (TPSA) is 39.2 Å². The summed E-state index contributed by atoms with van der Waals surface area (Å²) in [5.41, 5.74) is 1.10. The minimum absolute atomic E-state index is 0.162. The van der Waals surface area contributed by atoms with Gasteiger partial charge < -0.3 is 4.74 Å². The van der Waals surface area contributed by atoms with E-state index in [4.69, 9.17) is 4.74 Å². The zero-order valence-electron chi connectivity index (χ0n) is 9.27. The maximum Gasteiger partial charge on any atom is 0.340 e. The van der Waals surface area contributed by atoms with Crippen molar-refractivity contribution in [3.63, 3.8) is 0 Å². The Balaban J connectivity index is 1.98. The molecule has 18 heavy (non-hydrogen) atoms. The molecule has 0 radical (unpaired) electrons. The molecule has 92 valence electrons. The van der Waals surface area contributed by atoms with Gasteiger partial charge in [0.25, 0.3) is 0 Å². The number of pyridine rings is 1. The molecule has 0 bridgehead atoms. The number of halogens is 2. The number of benzene rings is 1. The zero-order valence-corrected chi connectivity index (χ0v) is 10.9.